The van der Waals surface area contributed by atoms with Crippen LogP contribution in [0.2, 0.25) is 0 Å². The maximum atomic E-state index is 13.4. The maximum absolute atomic E-state index is 13.4. The van der Waals surface area contributed by atoms with Gasteiger partial charge in [-0.1, -0.05) is 35.6 Å². The molecule has 0 bridgehead atoms. The Kier molecular flexibility index (Phi) is 5.45. The van der Waals surface area contributed by atoms with Crippen molar-refractivity contribution in [3.63, 3.8) is 0 Å². The number of benzene rings is 2. The molecule has 4 aromatic rings. The Labute approximate surface area is 202 Å². The third-order valence-corrected chi connectivity index (χ3v) is 7.89. The normalized spacial score (nSPS) is 18.2. The predicted octanol–water partition coefficient (Wildman–Crippen LogP) is 4.27. The van der Waals surface area contributed by atoms with E-state index in [0.29, 0.717) is 0 Å². The first-order chi connectivity index (χ1) is 16.7. The molecule has 1 saturated heterocycles. The van der Waals surface area contributed by atoms with E-state index in [0.717, 1.165) is 72.5 Å². The molecule has 2 aliphatic heterocycles. The van der Waals surface area contributed by atoms with Crippen LogP contribution in [0.25, 0.3) is 16.2 Å². The minimum absolute atomic E-state index is 0.0186. The largest absolute Gasteiger partial charge is 0.497 e. The molecule has 0 saturated carbocycles. The van der Waals surface area contributed by atoms with Gasteiger partial charge in [0.15, 0.2) is 0 Å². The smallest absolute Gasteiger partial charge is 0.227 e. The summed E-state index contributed by atoms with van der Waals surface area (Å²) in [6.07, 6.45) is 4.85. The lowest BCUT2D eigenvalue weighted by molar-refractivity contribution is -0.136. The van der Waals surface area contributed by atoms with Gasteiger partial charge in [0.2, 0.25) is 16.0 Å². The van der Waals surface area contributed by atoms with Crippen LogP contribution in [0.15, 0.2) is 54.7 Å². The monoisotopic (exact) mass is 473 g/mol. The van der Waals surface area contributed by atoms with E-state index in [4.69, 9.17) is 14.8 Å². The van der Waals surface area contributed by atoms with Crippen LogP contribution >= 0.6 is 11.3 Å². The van der Waals surface area contributed by atoms with Crippen molar-refractivity contribution in [1.82, 2.24) is 19.5 Å². The van der Waals surface area contributed by atoms with E-state index in [1.54, 1.807) is 18.4 Å². The second-order valence-electron chi connectivity index (χ2n) is 9.03. The van der Waals surface area contributed by atoms with Crippen molar-refractivity contribution in [3.8, 4) is 17.0 Å². The average Bonchev–Trinajstić information content (AvgIpc) is 3.48. The molecule has 2 aliphatic rings. The van der Waals surface area contributed by atoms with Crippen LogP contribution < -0.4 is 9.64 Å². The molecule has 2 aromatic heterocycles. The first-order valence-corrected chi connectivity index (χ1v) is 12.6. The number of hydrogen-bond donors (Lipinski definition) is 0. The third-order valence-electron chi connectivity index (χ3n) is 6.90. The number of anilines is 1. The Bertz CT molecular complexity index is 1300. The quantitative estimate of drug-likeness (QED) is 0.443. The zero-order valence-corrected chi connectivity index (χ0v) is 20.0. The van der Waals surface area contributed by atoms with Crippen molar-refractivity contribution in [2.75, 3.05) is 31.6 Å². The molecule has 6 rings (SSSR count). The van der Waals surface area contributed by atoms with E-state index in [1.165, 1.54) is 11.1 Å². The molecule has 0 radical (unpaired) electrons. The summed E-state index contributed by atoms with van der Waals surface area (Å²) in [5.74, 6) is 1.13. The molecular formula is C26H27N5O2S. The number of imidazole rings is 1. The Morgan fingerprint density at radius 1 is 1.09 bits per heavy atom. The zero-order valence-electron chi connectivity index (χ0n) is 19.2. The number of fused-ring (bicyclic) bond motifs is 2. The summed E-state index contributed by atoms with van der Waals surface area (Å²) in [6, 6.07) is 16.4. The number of nitrogens with zero attached hydrogens (tertiary/aromatic N) is 5. The number of piperidine rings is 1. The number of methoxy groups -OCH3 is 1. The van der Waals surface area contributed by atoms with Gasteiger partial charge >= 0.3 is 0 Å². The highest BCUT2D eigenvalue weighted by molar-refractivity contribution is 7.20. The first kappa shape index (κ1) is 21.2. The fourth-order valence-electron chi connectivity index (χ4n) is 5.01. The van der Waals surface area contributed by atoms with Crippen LogP contribution in [0.5, 0.6) is 5.75 Å². The molecule has 1 fully saturated rings. The highest BCUT2D eigenvalue weighted by atomic mass is 32.1. The van der Waals surface area contributed by atoms with E-state index < -0.39 is 0 Å². The molecule has 34 heavy (non-hydrogen) atoms. The number of hydrogen-bond acceptors (Lipinski definition) is 6. The van der Waals surface area contributed by atoms with Crippen molar-refractivity contribution < 1.29 is 9.53 Å². The molecule has 0 aliphatic carbocycles. The molecule has 4 heterocycles. The predicted molar refractivity (Wildman–Crippen MR) is 133 cm³/mol. The lowest BCUT2D eigenvalue weighted by Crippen LogP contribution is -2.46. The van der Waals surface area contributed by atoms with E-state index in [1.807, 2.05) is 39.9 Å². The molecule has 7 nitrogen and oxygen atoms in total. The van der Waals surface area contributed by atoms with E-state index in [9.17, 15) is 4.79 Å². The van der Waals surface area contributed by atoms with Gasteiger partial charge < -0.3 is 14.5 Å². The third kappa shape index (κ3) is 3.92. The Morgan fingerprint density at radius 3 is 2.71 bits per heavy atom. The second-order valence-corrected chi connectivity index (χ2v) is 9.96. The maximum Gasteiger partial charge on any atom is 0.227 e. The fourth-order valence-corrected chi connectivity index (χ4v) is 5.93. The van der Waals surface area contributed by atoms with E-state index >= 15 is 0 Å². The van der Waals surface area contributed by atoms with Crippen molar-refractivity contribution in [1.29, 1.82) is 0 Å². The first-order valence-electron chi connectivity index (χ1n) is 11.8. The number of rotatable bonds is 4. The van der Waals surface area contributed by atoms with Crippen molar-refractivity contribution >= 4 is 27.3 Å². The van der Waals surface area contributed by atoms with Gasteiger partial charge in [-0.25, -0.2) is 9.50 Å². The van der Waals surface area contributed by atoms with Gasteiger partial charge in [0.05, 0.1) is 24.9 Å². The summed E-state index contributed by atoms with van der Waals surface area (Å²) < 4.78 is 7.10. The van der Waals surface area contributed by atoms with Crippen molar-refractivity contribution in [2.24, 2.45) is 5.92 Å². The number of carbonyl (C=O) groups excluding carboxylic acids is 1. The Balaban J connectivity index is 1.16. The topological polar surface area (TPSA) is 63.0 Å². The van der Waals surface area contributed by atoms with Gasteiger partial charge in [0, 0.05) is 31.7 Å². The zero-order chi connectivity index (χ0) is 23.1. The lowest BCUT2D eigenvalue weighted by Gasteiger charge is -2.36. The highest BCUT2D eigenvalue weighted by Gasteiger charge is 2.32. The standard InChI is InChI=1S/C26H27N5O2S/c1-33-22-10-8-19(9-11-22)23-17-31-25(27-23)34-26(28-31)30-13-4-7-21(16-30)24(32)29-14-12-18-5-2-3-6-20(18)15-29/h2-3,5-6,8-11,17,21H,4,7,12-16H2,1H3. The van der Waals surface area contributed by atoms with Gasteiger partial charge in [-0.05, 0) is 54.7 Å². The van der Waals surface area contributed by atoms with Crippen LogP contribution in [0.3, 0.4) is 0 Å². The van der Waals surface area contributed by atoms with E-state index in [-0.39, 0.29) is 11.8 Å². The van der Waals surface area contributed by atoms with Gasteiger partial charge in [0.1, 0.15) is 5.75 Å². The fraction of sp³-hybridized carbons (Fsp3) is 0.346. The van der Waals surface area contributed by atoms with E-state index in [2.05, 4.69) is 29.2 Å². The van der Waals surface area contributed by atoms with Gasteiger partial charge in [-0.3, -0.25) is 4.79 Å². The summed E-state index contributed by atoms with van der Waals surface area (Å²) in [7, 11) is 1.66. The molecule has 2 aromatic carbocycles. The number of aromatic nitrogens is 3. The molecule has 1 unspecified atom stereocenters. The summed E-state index contributed by atoms with van der Waals surface area (Å²) in [5, 5.41) is 5.74. The summed E-state index contributed by atoms with van der Waals surface area (Å²) >= 11 is 1.58. The summed E-state index contributed by atoms with van der Waals surface area (Å²) in [5.41, 5.74) is 4.58. The summed E-state index contributed by atoms with van der Waals surface area (Å²) in [4.78, 5) is 23.3. The molecule has 0 spiro atoms. The SMILES string of the molecule is COc1ccc(-c2cn3nc(N4CCCC(C(=O)N5CCc6ccccc6C5)C4)sc3n2)cc1. The van der Waals surface area contributed by atoms with Crippen molar-refractivity contribution in [2.45, 2.75) is 25.8 Å². The molecular weight excluding hydrogens is 446 g/mol. The summed E-state index contributed by atoms with van der Waals surface area (Å²) in [6.45, 7) is 3.18. The number of carbonyl (C=O) groups is 1. The average molecular weight is 474 g/mol. The lowest BCUT2D eigenvalue weighted by atomic mass is 9.94. The van der Waals surface area contributed by atoms with Gasteiger partial charge in [-0.15, -0.1) is 5.10 Å². The second kappa shape index (κ2) is 8.76. The van der Waals surface area contributed by atoms with Crippen molar-refractivity contribution in [3.05, 3.63) is 65.9 Å². The minimum Gasteiger partial charge on any atom is -0.497 e. The molecule has 1 amide bonds. The van der Waals surface area contributed by atoms with Crippen LogP contribution in [0, 0.1) is 5.92 Å². The van der Waals surface area contributed by atoms with Gasteiger partial charge in [-0.2, -0.15) is 0 Å². The Morgan fingerprint density at radius 2 is 1.91 bits per heavy atom. The van der Waals surface area contributed by atoms with Crippen LogP contribution in [0.1, 0.15) is 24.0 Å². The molecule has 0 N–H and O–H groups in total. The molecule has 1 atom stereocenters. The number of ether oxygens (including phenoxy) is 1. The van der Waals surface area contributed by atoms with Crippen LogP contribution in [0.4, 0.5) is 5.13 Å². The number of amides is 1. The molecule has 8 heteroatoms. The molecule has 174 valence electrons. The minimum atomic E-state index is 0.0186. The van der Waals surface area contributed by atoms with Crippen LogP contribution in [-0.4, -0.2) is 52.1 Å². The van der Waals surface area contributed by atoms with Gasteiger partial charge in [0.25, 0.3) is 0 Å². The highest BCUT2D eigenvalue weighted by Crippen LogP contribution is 2.31. The van der Waals surface area contributed by atoms with Crippen LogP contribution in [-0.2, 0) is 17.8 Å². The Hall–Kier alpha value is -3.39.